The van der Waals surface area contributed by atoms with Gasteiger partial charge in [0.1, 0.15) is 17.6 Å². The van der Waals surface area contributed by atoms with Crippen LogP contribution in [0.1, 0.15) is 39.5 Å². The number of nitrogens with zero attached hydrogens (tertiary/aromatic N) is 5. The highest BCUT2D eigenvalue weighted by molar-refractivity contribution is 5.93. The zero-order chi connectivity index (χ0) is 25.1. The Morgan fingerprint density at radius 2 is 1.86 bits per heavy atom. The third-order valence-corrected chi connectivity index (χ3v) is 6.38. The normalized spacial score (nSPS) is 11.1. The molecule has 0 radical (unpaired) electrons. The fourth-order valence-corrected chi connectivity index (χ4v) is 4.35. The van der Waals surface area contributed by atoms with E-state index in [-0.39, 0.29) is 12.5 Å². The highest BCUT2D eigenvalue weighted by Crippen LogP contribution is 2.27. The van der Waals surface area contributed by atoms with Gasteiger partial charge in [0, 0.05) is 23.5 Å². The number of furan rings is 1. The summed E-state index contributed by atoms with van der Waals surface area (Å²) in [4.78, 5) is 15.0. The van der Waals surface area contributed by atoms with Crippen LogP contribution < -0.4 is 5.32 Å². The number of amides is 1. The molecule has 4 aromatic rings. The van der Waals surface area contributed by atoms with Crippen molar-refractivity contribution in [1.29, 1.82) is 5.26 Å². The van der Waals surface area contributed by atoms with Crippen LogP contribution in [0.25, 0.3) is 5.69 Å². The van der Waals surface area contributed by atoms with E-state index in [1.165, 1.54) is 0 Å². The first-order chi connectivity index (χ1) is 16.8. The number of aryl methyl sites for hydroxylation is 1. The van der Waals surface area contributed by atoms with Crippen LogP contribution in [0.15, 0.2) is 53.1 Å². The maximum atomic E-state index is 13.0. The molecule has 1 aromatic carbocycles. The van der Waals surface area contributed by atoms with Crippen LogP contribution in [0.5, 0.6) is 0 Å². The zero-order valence-electron chi connectivity index (χ0n) is 20.8. The van der Waals surface area contributed by atoms with Crippen molar-refractivity contribution in [3.63, 3.8) is 0 Å². The second-order valence-electron chi connectivity index (χ2n) is 8.83. The van der Waals surface area contributed by atoms with Gasteiger partial charge in [-0.05, 0) is 64.6 Å². The van der Waals surface area contributed by atoms with E-state index in [0.717, 1.165) is 39.7 Å². The van der Waals surface area contributed by atoms with Crippen LogP contribution in [-0.4, -0.2) is 38.7 Å². The highest BCUT2D eigenvalue weighted by Gasteiger charge is 2.22. The number of carbonyl (C=O) groups excluding carboxylic acids is 1. The largest absolute Gasteiger partial charge is 0.467 e. The monoisotopic (exact) mass is 470 g/mol. The number of para-hydroxylation sites is 1. The highest BCUT2D eigenvalue weighted by atomic mass is 16.3. The number of anilines is 1. The van der Waals surface area contributed by atoms with Gasteiger partial charge in [-0.2, -0.15) is 10.4 Å². The fourth-order valence-electron chi connectivity index (χ4n) is 4.35. The minimum Gasteiger partial charge on any atom is -0.467 e. The van der Waals surface area contributed by atoms with E-state index in [9.17, 15) is 10.1 Å². The minimum atomic E-state index is -0.187. The summed E-state index contributed by atoms with van der Waals surface area (Å²) in [5, 5.41) is 17.4. The molecule has 0 aliphatic carbocycles. The van der Waals surface area contributed by atoms with E-state index in [1.807, 2.05) is 91.4 Å². The van der Waals surface area contributed by atoms with E-state index < -0.39 is 0 Å². The number of nitriles is 1. The lowest BCUT2D eigenvalue weighted by Crippen LogP contribution is -2.31. The Kier molecular flexibility index (Phi) is 6.90. The Hall–Kier alpha value is -4.09. The van der Waals surface area contributed by atoms with Gasteiger partial charge in [-0.25, -0.2) is 4.68 Å². The molecule has 180 valence electrons. The number of aromatic nitrogens is 3. The molecule has 0 saturated heterocycles. The molecule has 0 aliphatic heterocycles. The van der Waals surface area contributed by atoms with Gasteiger partial charge >= 0.3 is 0 Å². The SMILES string of the molecule is Cc1nn(-c2ccccc2)c(C)c1CN(C)CC(=O)Nc1c(C#N)c(C)c(C)n1Cc1ccco1. The summed E-state index contributed by atoms with van der Waals surface area (Å²) in [5.41, 5.74) is 6.32. The maximum absolute atomic E-state index is 13.0. The predicted octanol–water partition coefficient (Wildman–Crippen LogP) is 4.49. The van der Waals surface area contributed by atoms with E-state index in [2.05, 4.69) is 11.4 Å². The van der Waals surface area contributed by atoms with E-state index in [1.54, 1.807) is 6.26 Å². The molecule has 0 unspecified atom stereocenters. The van der Waals surface area contributed by atoms with Crippen LogP contribution >= 0.6 is 0 Å². The molecule has 0 fully saturated rings. The van der Waals surface area contributed by atoms with E-state index >= 15 is 0 Å². The van der Waals surface area contributed by atoms with Gasteiger partial charge in [-0.15, -0.1) is 0 Å². The molecule has 4 rings (SSSR count). The van der Waals surface area contributed by atoms with Gasteiger partial charge in [0.2, 0.25) is 5.91 Å². The first-order valence-corrected chi connectivity index (χ1v) is 11.5. The molecule has 0 aliphatic rings. The summed E-state index contributed by atoms with van der Waals surface area (Å²) in [6, 6.07) is 15.9. The minimum absolute atomic E-state index is 0.171. The molecule has 8 nitrogen and oxygen atoms in total. The average molecular weight is 471 g/mol. The lowest BCUT2D eigenvalue weighted by atomic mass is 10.2. The molecular weight excluding hydrogens is 440 g/mol. The van der Waals surface area contributed by atoms with Crippen molar-refractivity contribution >= 4 is 11.7 Å². The molecule has 8 heteroatoms. The first-order valence-electron chi connectivity index (χ1n) is 11.5. The molecule has 1 N–H and O–H groups in total. The molecule has 3 aromatic heterocycles. The van der Waals surface area contributed by atoms with Crippen molar-refractivity contribution < 1.29 is 9.21 Å². The fraction of sp³-hybridized carbons (Fsp3) is 0.296. The quantitative estimate of drug-likeness (QED) is 0.410. The Balaban J connectivity index is 1.50. The van der Waals surface area contributed by atoms with Crippen molar-refractivity contribution in [3.05, 3.63) is 88.3 Å². The number of hydrogen-bond donors (Lipinski definition) is 1. The number of nitrogens with one attached hydrogen (secondary N) is 1. The Morgan fingerprint density at radius 3 is 2.51 bits per heavy atom. The Morgan fingerprint density at radius 1 is 1.11 bits per heavy atom. The van der Waals surface area contributed by atoms with Gasteiger partial charge in [-0.3, -0.25) is 9.69 Å². The van der Waals surface area contributed by atoms with Crippen LogP contribution in [0.2, 0.25) is 0 Å². The second kappa shape index (κ2) is 10.0. The Bertz CT molecular complexity index is 1370. The van der Waals surface area contributed by atoms with Gasteiger partial charge in [0.05, 0.1) is 36.3 Å². The van der Waals surface area contributed by atoms with Crippen molar-refractivity contribution in [2.75, 3.05) is 18.9 Å². The maximum Gasteiger partial charge on any atom is 0.239 e. The molecule has 35 heavy (non-hydrogen) atoms. The summed E-state index contributed by atoms with van der Waals surface area (Å²) in [6.07, 6.45) is 1.61. The number of rotatable bonds is 8. The molecule has 3 heterocycles. The van der Waals surface area contributed by atoms with Crippen LogP contribution in [0.4, 0.5) is 5.82 Å². The number of carbonyl (C=O) groups is 1. The van der Waals surface area contributed by atoms with Gasteiger partial charge in [-0.1, -0.05) is 18.2 Å². The van der Waals surface area contributed by atoms with Crippen molar-refractivity contribution in [2.24, 2.45) is 0 Å². The van der Waals surface area contributed by atoms with Gasteiger partial charge in [0.25, 0.3) is 0 Å². The summed E-state index contributed by atoms with van der Waals surface area (Å²) >= 11 is 0. The van der Waals surface area contributed by atoms with Crippen LogP contribution in [0, 0.1) is 39.0 Å². The topological polar surface area (TPSA) is 92.0 Å². The van der Waals surface area contributed by atoms with Crippen LogP contribution in [-0.2, 0) is 17.9 Å². The number of hydrogen-bond acceptors (Lipinski definition) is 5. The second-order valence-corrected chi connectivity index (χ2v) is 8.83. The van der Waals surface area contributed by atoms with Crippen molar-refractivity contribution in [2.45, 2.75) is 40.8 Å². The van der Waals surface area contributed by atoms with E-state index in [0.29, 0.717) is 24.5 Å². The summed E-state index contributed by atoms with van der Waals surface area (Å²) in [6.45, 7) is 9.05. The van der Waals surface area contributed by atoms with Crippen LogP contribution in [0.3, 0.4) is 0 Å². The molecule has 0 atom stereocenters. The van der Waals surface area contributed by atoms with Gasteiger partial charge < -0.3 is 14.3 Å². The Labute approximate surface area is 205 Å². The lowest BCUT2D eigenvalue weighted by molar-refractivity contribution is -0.117. The molecular formula is C27H30N6O2. The number of benzene rings is 1. The molecule has 0 spiro atoms. The molecule has 0 saturated carbocycles. The summed E-state index contributed by atoms with van der Waals surface area (Å²) < 4.78 is 9.34. The smallest absolute Gasteiger partial charge is 0.239 e. The van der Waals surface area contributed by atoms with Crippen molar-refractivity contribution in [3.8, 4) is 11.8 Å². The molecule has 0 bridgehead atoms. The zero-order valence-corrected chi connectivity index (χ0v) is 20.8. The summed E-state index contributed by atoms with van der Waals surface area (Å²) in [7, 11) is 1.90. The van der Waals surface area contributed by atoms with Crippen molar-refractivity contribution in [1.82, 2.24) is 19.2 Å². The third kappa shape index (κ3) is 4.91. The third-order valence-electron chi connectivity index (χ3n) is 6.38. The van der Waals surface area contributed by atoms with E-state index in [4.69, 9.17) is 9.52 Å². The standard InChI is InChI=1S/C27H30N6O2/c1-18-20(3)32(15-23-12-9-13-35-23)27(24(18)14-28)29-26(34)17-31(5)16-25-19(2)30-33(21(25)4)22-10-7-6-8-11-22/h6-13H,15-17H2,1-5H3,(H,29,34). The molecule has 1 amide bonds. The lowest BCUT2D eigenvalue weighted by Gasteiger charge is -2.18. The average Bonchev–Trinajstić information content (AvgIpc) is 3.51. The predicted molar refractivity (Wildman–Crippen MR) is 134 cm³/mol. The van der Waals surface area contributed by atoms with Gasteiger partial charge in [0.15, 0.2) is 0 Å². The first kappa shape index (κ1) is 24.0. The summed E-state index contributed by atoms with van der Waals surface area (Å²) in [5.74, 6) is 1.07. The number of likely N-dealkylation sites (N-methyl/N-ethyl adjacent to an activating group) is 1.